The van der Waals surface area contributed by atoms with E-state index in [2.05, 4.69) is 5.32 Å². The van der Waals surface area contributed by atoms with Crippen molar-refractivity contribution in [3.05, 3.63) is 89.5 Å². The summed E-state index contributed by atoms with van der Waals surface area (Å²) >= 11 is 1.49. The normalized spacial score (nSPS) is 17.8. The van der Waals surface area contributed by atoms with Crippen LogP contribution in [-0.2, 0) is 14.8 Å². The molecule has 0 unspecified atom stereocenters. The predicted octanol–water partition coefficient (Wildman–Crippen LogP) is 4.66. The molecule has 0 aliphatic carbocycles. The van der Waals surface area contributed by atoms with Gasteiger partial charge >= 0.3 is 0 Å². The van der Waals surface area contributed by atoms with E-state index in [-0.39, 0.29) is 23.1 Å². The first-order valence-corrected chi connectivity index (χ1v) is 12.4. The van der Waals surface area contributed by atoms with E-state index in [9.17, 15) is 13.2 Å². The summed E-state index contributed by atoms with van der Waals surface area (Å²) in [7, 11) is -2.36. The van der Waals surface area contributed by atoms with Crippen molar-refractivity contribution in [2.45, 2.75) is 16.2 Å². The first kappa shape index (κ1) is 21.3. The van der Waals surface area contributed by atoms with Gasteiger partial charge in [0.1, 0.15) is 5.84 Å². The Morgan fingerprint density at radius 3 is 2.48 bits per heavy atom. The van der Waals surface area contributed by atoms with Crippen molar-refractivity contribution < 1.29 is 13.2 Å². The van der Waals surface area contributed by atoms with E-state index >= 15 is 0 Å². The van der Waals surface area contributed by atoms with Crippen molar-refractivity contribution in [2.75, 3.05) is 21.6 Å². The molecule has 9 heteroatoms. The summed E-state index contributed by atoms with van der Waals surface area (Å²) in [5.74, 6) is -0.222. The summed E-state index contributed by atoms with van der Waals surface area (Å²) in [4.78, 5) is 15.3. The van der Waals surface area contributed by atoms with Crippen molar-refractivity contribution in [1.29, 1.82) is 5.41 Å². The zero-order valence-corrected chi connectivity index (χ0v) is 19.3. The molecule has 3 aromatic rings. The number of carbonyl (C=O) groups is 1. The van der Waals surface area contributed by atoms with Gasteiger partial charge in [0.15, 0.2) is 0 Å². The highest BCUT2D eigenvalue weighted by molar-refractivity contribution is 8.03. The Bertz CT molecular complexity index is 1390. The standard InChI is InChI=1S/C24H20N4O3S2/c1-27(16-8-3-2-4-9-16)33(30,31)18-11-7-10-17(14-18)28-22(29)15-19(23(28)25)24-26-20-12-5-6-13-21(20)32-24/h2-14,25-26H,15H2,1H3/b24-19-,25-23?. The van der Waals surface area contributed by atoms with E-state index < -0.39 is 10.0 Å². The SMILES string of the molecule is CN(c1ccccc1)S(=O)(=O)c1cccc(N2C(=N)/C(=C3/Nc4ccccc4S3)CC2=O)c1. The Balaban J connectivity index is 1.46. The minimum Gasteiger partial charge on any atom is -0.349 e. The van der Waals surface area contributed by atoms with Crippen LogP contribution in [0, 0.1) is 5.41 Å². The molecule has 2 aliphatic heterocycles. The maximum Gasteiger partial charge on any atom is 0.264 e. The van der Waals surface area contributed by atoms with Gasteiger partial charge in [0.25, 0.3) is 10.0 Å². The third kappa shape index (κ3) is 3.69. The Hall–Kier alpha value is -3.56. The van der Waals surface area contributed by atoms with E-state index in [4.69, 9.17) is 5.41 Å². The smallest absolute Gasteiger partial charge is 0.264 e. The van der Waals surface area contributed by atoms with Crippen LogP contribution in [0.4, 0.5) is 17.1 Å². The van der Waals surface area contributed by atoms with Gasteiger partial charge in [-0.3, -0.25) is 19.4 Å². The van der Waals surface area contributed by atoms with Gasteiger partial charge in [0.2, 0.25) is 5.91 Å². The molecule has 0 bridgehead atoms. The second-order valence-corrected chi connectivity index (χ2v) is 10.6. The minimum atomic E-state index is -3.85. The Morgan fingerprint density at radius 1 is 1.00 bits per heavy atom. The minimum absolute atomic E-state index is 0.0498. The third-order valence-electron chi connectivity index (χ3n) is 5.56. The molecule has 1 fully saturated rings. The number of hydrogen-bond donors (Lipinski definition) is 2. The third-order valence-corrected chi connectivity index (χ3v) is 8.47. The highest BCUT2D eigenvalue weighted by atomic mass is 32.2. The topological polar surface area (TPSA) is 93.6 Å². The number of fused-ring (bicyclic) bond motifs is 1. The molecule has 5 rings (SSSR count). The number of nitrogens with zero attached hydrogens (tertiary/aromatic N) is 2. The van der Waals surface area contributed by atoms with Crippen LogP contribution in [0.3, 0.4) is 0 Å². The van der Waals surface area contributed by atoms with Gasteiger partial charge in [0.05, 0.1) is 33.4 Å². The Kier molecular flexibility index (Phi) is 5.22. The van der Waals surface area contributed by atoms with Crippen LogP contribution in [0.1, 0.15) is 6.42 Å². The van der Waals surface area contributed by atoms with Gasteiger partial charge in [-0.1, -0.05) is 48.2 Å². The molecule has 1 saturated heterocycles. The van der Waals surface area contributed by atoms with Crippen molar-refractivity contribution in [1.82, 2.24) is 0 Å². The summed E-state index contributed by atoms with van der Waals surface area (Å²) in [5, 5.41) is 12.7. The summed E-state index contributed by atoms with van der Waals surface area (Å²) in [5.41, 5.74) is 2.42. The van der Waals surface area contributed by atoms with Gasteiger partial charge in [-0.05, 0) is 42.5 Å². The molecule has 2 heterocycles. The van der Waals surface area contributed by atoms with Crippen LogP contribution in [0.5, 0.6) is 0 Å². The first-order chi connectivity index (χ1) is 15.9. The van der Waals surface area contributed by atoms with Crippen molar-refractivity contribution >= 4 is 50.6 Å². The van der Waals surface area contributed by atoms with Crippen LogP contribution >= 0.6 is 11.8 Å². The number of para-hydroxylation sites is 2. The van der Waals surface area contributed by atoms with Gasteiger partial charge in [0, 0.05) is 17.5 Å². The van der Waals surface area contributed by atoms with Gasteiger partial charge in [-0.15, -0.1) is 0 Å². The maximum atomic E-state index is 13.2. The molecule has 0 saturated carbocycles. The zero-order chi connectivity index (χ0) is 23.2. The van der Waals surface area contributed by atoms with Gasteiger partial charge in [-0.2, -0.15) is 0 Å². The number of rotatable bonds is 4. The fraction of sp³-hybridized carbons (Fsp3) is 0.0833. The average molecular weight is 477 g/mol. The number of benzene rings is 3. The molecular formula is C24H20N4O3S2. The number of anilines is 3. The van der Waals surface area contributed by atoms with Crippen LogP contribution in [0.15, 0.2) is 99.3 Å². The van der Waals surface area contributed by atoms with E-state index in [1.165, 1.54) is 40.1 Å². The number of nitrogens with one attached hydrogen (secondary N) is 2. The van der Waals surface area contributed by atoms with Crippen molar-refractivity contribution in [3.63, 3.8) is 0 Å². The maximum absolute atomic E-state index is 13.2. The zero-order valence-electron chi connectivity index (χ0n) is 17.6. The van der Waals surface area contributed by atoms with E-state index in [0.717, 1.165) is 15.6 Å². The second-order valence-electron chi connectivity index (χ2n) is 7.59. The number of carbonyl (C=O) groups excluding carboxylic acids is 1. The predicted molar refractivity (Wildman–Crippen MR) is 131 cm³/mol. The van der Waals surface area contributed by atoms with E-state index in [0.29, 0.717) is 16.9 Å². The first-order valence-electron chi connectivity index (χ1n) is 10.2. The van der Waals surface area contributed by atoms with Gasteiger partial charge < -0.3 is 5.32 Å². The molecule has 33 heavy (non-hydrogen) atoms. The average Bonchev–Trinajstić information content (AvgIpc) is 3.39. The number of amides is 1. The lowest BCUT2D eigenvalue weighted by Crippen LogP contribution is -2.30. The molecule has 7 nitrogen and oxygen atoms in total. The van der Waals surface area contributed by atoms with Crippen molar-refractivity contribution in [3.8, 4) is 0 Å². The largest absolute Gasteiger partial charge is 0.349 e. The molecule has 0 radical (unpaired) electrons. The van der Waals surface area contributed by atoms with E-state index in [1.807, 2.05) is 30.3 Å². The number of hydrogen-bond acceptors (Lipinski definition) is 6. The lowest BCUT2D eigenvalue weighted by atomic mass is 10.2. The summed E-state index contributed by atoms with van der Waals surface area (Å²) in [6, 6.07) is 22.7. The molecule has 2 N–H and O–H groups in total. The Morgan fingerprint density at radius 2 is 1.73 bits per heavy atom. The highest BCUT2D eigenvalue weighted by Crippen LogP contribution is 2.44. The molecule has 166 valence electrons. The number of thioether (sulfide) groups is 1. The molecule has 0 spiro atoms. The monoisotopic (exact) mass is 476 g/mol. The van der Waals surface area contributed by atoms with Crippen LogP contribution in [-0.4, -0.2) is 27.2 Å². The summed E-state index contributed by atoms with van der Waals surface area (Å²) in [6.07, 6.45) is 0.0725. The molecular weight excluding hydrogens is 456 g/mol. The Labute approximate surface area is 196 Å². The van der Waals surface area contributed by atoms with Crippen LogP contribution < -0.4 is 14.5 Å². The highest BCUT2D eigenvalue weighted by Gasteiger charge is 2.36. The van der Waals surface area contributed by atoms with E-state index in [1.54, 1.807) is 36.4 Å². The lowest BCUT2D eigenvalue weighted by Gasteiger charge is -2.21. The molecule has 2 aliphatic rings. The molecule has 0 aromatic heterocycles. The lowest BCUT2D eigenvalue weighted by molar-refractivity contribution is -0.116. The quantitative estimate of drug-likeness (QED) is 0.572. The number of sulfonamides is 1. The second kappa shape index (κ2) is 8.09. The summed E-state index contributed by atoms with van der Waals surface area (Å²) in [6.45, 7) is 0. The summed E-state index contributed by atoms with van der Waals surface area (Å²) < 4.78 is 27.6. The fourth-order valence-electron chi connectivity index (χ4n) is 3.81. The molecule has 3 aromatic carbocycles. The molecule has 0 atom stereocenters. The van der Waals surface area contributed by atoms with Crippen LogP contribution in [0.25, 0.3) is 0 Å². The number of amidine groups is 1. The van der Waals surface area contributed by atoms with Crippen molar-refractivity contribution in [2.24, 2.45) is 0 Å². The fourth-order valence-corrected chi connectivity index (χ4v) is 6.09. The van der Waals surface area contributed by atoms with Crippen LogP contribution in [0.2, 0.25) is 0 Å². The van der Waals surface area contributed by atoms with Gasteiger partial charge in [-0.25, -0.2) is 8.42 Å². The molecule has 1 amide bonds.